The van der Waals surface area contributed by atoms with Crippen LogP contribution in [0, 0.1) is 11.8 Å². The highest BCUT2D eigenvalue weighted by Crippen LogP contribution is 2.30. The molecule has 2 rings (SSSR count). The van der Waals surface area contributed by atoms with Crippen LogP contribution >= 0.6 is 0 Å². The number of phenolic OH excluding ortho intramolecular Hbond substituents is 3. The summed E-state index contributed by atoms with van der Waals surface area (Å²) in [5, 5.41) is 28.8. The van der Waals surface area contributed by atoms with Gasteiger partial charge < -0.3 is 20.1 Å². The number of phenols is 3. The Morgan fingerprint density at radius 2 is 1.30 bits per heavy atom. The Morgan fingerprint density at radius 3 is 1.78 bits per heavy atom. The Kier molecular flexibility index (Phi) is 5.37. The van der Waals surface area contributed by atoms with Gasteiger partial charge in [0.05, 0.1) is 7.11 Å². The summed E-state index contributed by atoms with van der Waals surface area (Å²) in [5.74, 6) is 1.26. The van der Waals surface area contributed by atoms with Crippen LogP contribution in [-0.2, 0) is 12.8 Å². The van der Waals surface area contributed by atoms with E-state index in [-0.39, 0.29) is 17.2 Å². The molecule has 0 aliphatic carbocycles. The molecule has 0 aromatic heterocycles. The van der Waals surface area contributed by atoms with Crippen LogP contribution in [0.5, 0.6) is 23.0 Å². The van der Waals surface area contributed by atoms with Crippen LogP contribution in [0.4, 0.5) is 0 Å². The molecule has 0 fully saturated rings. The van der Waals surface area contributed by atoms with E-state index in [9.17, 15) is 15.3 Å². The molecule has 0 bridgehead atoms. The zero-order valence-corrected chi connectivity index (χ0v) is 13.8. The fourth-order valence-corrected chi connectivity index (χ4v) is 2.70. The van der Waals surface area contributed by atoms with Gasteiger partial charge in [-0.1, -0.05) is 26.0 Å². The molecule has 0 unspecified atom stereocenters. The van der Waals surface area contributed by atoms with Crippen molar-refractivity contribution in [3.8, 4) is 23.0 Å². The van der Waals surface area contributed by atoms with Crippen LogP contribution in [0.15, 0.2) is 36.4 Å². The third-order valence-corrected chi connectivity index (χ3v) is 4.37. The van der Waals surface area contributed by atoms with Gasteiger partial charge in [0, 0.05) is 0 Å². The van der Waals surface area contributed by atoms with Crippen LogP contribution in [0.2, 0.25) is 0 Å². The summed E-state index contributed by atoms with van der Waals surface area (Å²) in [7, 11) is 1.53. The molecule has 2 aromatic rings. The number of methoxy groups -OCH3 is 1. The first-order valence-corrected chi connectivity index (χ1v) is 7.77. The first kappa shape index (κ1) is 17.0. The van der Waals surface area contributed by atoms with Crippen molar-refractivity contribution in [1.29, 1.82) is 0 Å². The van der Waals surface area contributed by atoms with E-state index in [4.69, 9.17) is 4.74 Å². The molecule has 0 saturated heterocycles. The van der Waals surface area contributed by atoms with E-state index < -0.39 is 0 Å². The minimum absolute atomic E-state index is 0.0811. The predicted molar refractivity (Wildman–Crippen MR) is 90.2 cm³/mol. The van der Waals surface area contributed by atoms with Crippen molar-refractivity contribution in [2.45, 2.75) is 26.7 Å². The molecule has 2 aromatic carbocycles. The average Bonchev–Trinajstić information content (AvgIpc) is 2.51. The Labute approximate surface area is 137 Å². The second-order valence-electron chi connectivity index (χ2n) is 6.19. The number of hydrogen-bond donors (Lipinski definition) is 3. The first-order valence-electron chi connectivity index (χ1n) is 7.77. The van der Waals surface area contributed by atoms with Gasteiger partial charge >= 0.3 is 0 Å². The molecular weight excluding hydrogens is 292 g/mol. The highest BCUT2D eigenvalue weighted by Gasteiger charge is 2.15. The minimum Gasteiger partial charge on any atom is -0.504 e. The zero-order chi connectivity index (χ0) is 17.0. The normalized spacial score (nSPS) is 13.5. The van der Waals surface area contributed by atoms with Gasteiger partial charge in [-0.3, -0.25) is 0 Å². The number of ether oxygens (including phenoxy) is 1. The van der Waals surface area contributed by atoms with Crippen molar-refractivity contribution in [3.63, 3.8) is 0 Å². The number of aromatic hydroxyl groups is 3. The Morgan fingerprint density at radius 1 is 0.783 bits per heavy atom. The SMILES string of the molecule is COc1ccc(C[C@@H](C)[C@@H](C)Cc2ccc(O)c(O)c2)cc1O. The van der Waals surface area contributed by atoms with Gasteiger partial charge in [-0.25, -0.2) is 0 Å². The summed E-state index contributed by atoms with van der Waals surface area (Å²) in [4.78, 5) is 0. The Bertz CT molecular complexity index is 666. The molecule has 2 atom stereocenters. The Balaban J connectivity index is 2.00. The molecule has 0 amide bonds. The van der Waals surface area contributed by atoms with E-state index in [0.29, 0.717) is 17.6 Å². The summed E-state index contributed by atoms with van der Waals surface area (Å²) < 4.78 is 5.06. The topological polar surface area (TPSA) is 69.9 Å². The number of rotatable bonds is 6. The summed E-state index contributed by atoms with van der Waals surface area (Å²) >= 11 is 0. The fraction of sp³-hybridized carbons (Fsp3) is 0.368. The van der Waals surface area contributed by atoms with Gasteiger partial charge in [0.1, 0.15) is 0 Å². The lowest BCUT2D eigenvalue weighted by atomic mass is 9.85. The van der Waals surface area contributed by atoms with Crippen LogP contribution in [0.3, 0.4) is 0 Å². The number of hydrogen-bond acceptors (Lipinski definition) is 4. The van der Waals surface area contributed by atoms with Gasteiger partial charge in [-0.05, 0) is 60.1 Å². The molecule has 0 heterocycles. The summed E-state index contributed by atoms with van der Waals surface area (Å²) in [5.41, 5.74) is 2.06. The monoisotopic (exact) mass is 316 g/mol. The molecule has 4 heteroatoms. The van der Waals surface area contributed by atoms with Crippen molar-refractivity contribution in [2.24, 2.45) is 11.8 Å². The minimum atomic E-state index is -0.0943. The van der Waals surface area contributed by atoms with E-state index in [1.807, 2.05) is 12.1 Å². The molecule has 4 nitrogen and oxygen atoms in total. The number of benzene rings is 2. The second-order valence-corrected chi connectivity index (χ2v) is 6.19. The highest BCUT2D eigenvalue weighted by atomic mass is 16.5. The lowest BCUT2D eigenvalue weighted by Gasteiger charge is -2.20. The lowest BCUT2D eigenvalue weighted by Crippen LogP contribution is -2.13. The van der Waals surface area contributed by atoms with E-state index in [1.54, 1.807) is 18.2 Å². The molecule has 23 heavy (non-hydrogen) atoms. The molecule has 0 saturated carbocycles. The lowest BCUT2D eigenvalue weighted by molar-refractivity contribution is 0.368. The zero-order valence-electron chi connectivity index (χ0n) is 13.8. The summed E-state index contributed by atoms with van der Waals surface area (Å²) in [6.45, 7) is 4.34. The van der Waals surface area contributed by atoms with Crippen LogP contribution in [0.25, 0.3) is 0 Å². The molecule has 124 valence electrons. The molecule has 0 spiro atoms. The van der Waals surface area contributed by atoms with Crippen molar-refractivity contribution < 1.29 is 20.1 Å². The molecule has 0 aliphatic rings. The van der Waals surface area contributed by atoms with Gasteiger partial charge in [0.25, 0.3) is 0 Å². The van der Waals surface area contributed by atoms with Crippen molar-refractivity contribution in [2.75, 3.05) is 7.11 Å². The third-order valence-electron chi connectivity index (χ3n) is 4.37. The maximum absolute atomic E-state index is 9.86. The van der Waals surface area contributed by atoms with Crippen LogP contribution < -0.4 is 4.74 Å². The molecule has 3 N–H and O–H groups in total. The first-order chi connectivity index (χ1) is 10.9. The average molecular weight is 316 g/mol. The van der Waals surface area contributed by atoms with E-state index in [2.05, 4.69) is 13.8 Å². The Hall–Kier alpha value is -2.36. The van der Waals surface area contributed by atoms with Gasteiger partial charge in [0.15, 0.2) is 23.0 Å². The van der Waals surface area contributed by atoms with E-state index in [0.717, 1.165) is 24.0 Å². The standard InChI is InChI=1S/C19H24O4/c1-12(8-14-4-6-16(20)17(21)10-14)13(2)9-15-5-7-19(23-3)18(22)11-15/h4-7,10-13,20-22H,8-9H2,1-3H3/t12-,13+/m0/s1. The fourth-order valence-electron chi connectivity index (χ4n) is 2.70. The highest BCUT2D eigenvalue weighted by molar-refractivity contribution is 5.42. The molecule has 0 aliphatic heterocycles. The van der Waals surface area contributed by atoms with Crippen molar-refractivity contribution in [1.82, 2.24) is 0 Å². The summed E-state index contributed by atoms with van der Waals surface area (Å²) in [6.07, 6.45) is 1.67. The maximum Gasteiger partial charge on any atom is 0.160 e. The quantitative estimate of drug-likeness (QED) is 0.708. The van der Waals surface area contributed by atoms with Gasteiger partial charge in [-0.2, -0.15) is 0 Å². The van der Waals surface area contributed by atoms with Crippen LogP contribution in [0.1, 0.15) is 25.0 Å². The second kappa shape index (κ2) is 7.27. The third kappa shape index (κ3) is 4.31. The largest absolute Gasteiger partial charge is 0.504 e. The molecule has 0 radical (unpaired) electrons. The smallest absolute Gasteiger partial charge is 0.160 e. The summed E-state index contributed by atoms with van der Waals surface area (Å²) in [6, 6.07) is 10.4. The van der Waals surface area contributed by atoms with E-state index in [1.165, 1.54) is 13.2 Å². The maximum atomic E-state index is 9.86. The van der Waals surface area contributed by atoms with Crippen molar-refractivity contribution >= 4 is 0 Å². The predicted octanol–water partition coefficient (Wildman–Crippen LogP) is 3.87. The van der Waals surface area contributed by atoms with Crippen LogP contribution in [-0.4, -0.2) is 22.4 Å². The van der Waals surface area contributed by atoms with Gasteiger partial charge in [0.2, 0.25) is 0 Å². The van der Waals surface area contributed by atoms with E-state index >= 15 is 0 Å². The van der Waals surface area contributed by atoms with Crippen molar-refractivity contribution in [3.05, 3.63) is 47.5 Å². The van der Waals surface area contributed by atoms with Gasteiger partial charge in [-0.15, -0.1) is 0 Å². The molecular formula is C19H24O4.